The van der Waals surface area contributed by atoms with Gasteiger partial charge in [-0.15, -0.1) is 0 Å². The third-order valence-corrected chi connectivity index (χ3v) is 7.42. The highest BCUT2D eigenvalue weighted by Crippen LogP contribution is 2.25. The number of carbonyl (C=O) groups excluding carboxylic acids is 2. The molecule has 0 spiro atoms. The van der Waals surface area contributed by atoms with Gasteiger partial charge >= 0.3 is 0 Å². The molecule has 2 aliphatic heterocycles. The summed E-state index contributed by atoms with van der Waals surface area (Å²) in [4.78, 5) is 26.1. The number of anilines is 2. The summed E-state index contributed by atoms with van der Waals surface area (Å²) in [6.45, 7) is 1.46. The number of ether oxygens (including phenoxy) is 1. The van der Waals surface area contributed by atoms with Gasteiger partial charge in [-0.2, -0.15) is 0 Å². The van der Waals surface area contributed by atoms with Crippen molar-refractivity contribution in [3.63, 3.8) is 0 Å². The Morgan fingerprint density at radius 3 is 2.59 bits per heavy atom. The van der Waals surface area contributed by atoms with Gasteiger partial charge in [0.2, 0.25) is 15.9 Å². The number of carbonyl (C=O) groups is 2. The molecule has 2 aromatic carbocycles. The minimum Gasteiger partial charge on any atom is -0.377 e. The Hall–Kier alpha value is -2.46. The molecule has 32 heavy (non-hydrogen) atoms. The van der Waals surface area contributed by atoms with Gasteiger partial charge in [0.1, 0.15) is 4.90 Å². The van der Waals surface area contributed by atoms with Gasteiger partial charge in [0.15, 0.2) is 0 Å². The van der Waals surface area contributed by atoms with Gasteiger partial charge < -0.3 is 15.0 Å². The number of hydrogen-bond acceptors (Lipinski definition) is 5. The lowest BCUT2D eigenvalue weighted by Gasteiger charge is -2.16. The molecule has 2 saturated heterocycles. The molecule has 0 saturated carbocycles. The van der Waals surface area contributed by atoms with Crippen molar-refractivity contribution in [1.29, 1.82) is 0 Å². The zero-order chi connectivity index (χ0) is 22.7. The topological polar surface area (TPSA) is 105 Å². The normalized spacial score (nSPS) is 18.8. The molecule has 8 nitrogen and oxygen atoms in total. The average molecular weight is 478 g/mol. The first kappa shape index (κ1) is 22.7. The van der Waals surface area contributed by atoms with Crippen molar-refractivity contribution < 1.29 is 22.7 Å². The molecule has 0 aromatic heterocycles. The Kier molecular flexibility index (Phi) is 6.80. The second kappa shape index (κ2) is 9.58. The van der Waals surface area contributed by atoms with E-state index in [1.165, 1.54) is 18.2 Å². The van der Waals surface area contributed by atoms with Crippen molar-refractivity contribution in [1.82, 2.24) is 4.72 Å². The molecular formula is C22H24ClN3O5S. The lowest BCUT2D eigenvalue weighted by molar-refractivity contribution is -0.117. The summed E-state index contributed by atoms with van der Waals surface area (Å²) in [7, 11) is -3.91. The van der Waals surface area contributed by atoms with Crippen LogP contribution in [0.5, 0.6) is 0 Å². The Labute approximate surface area is 191 Å². The van der Waals surface area contributed by atoms with E-state index >= 15 is 0 Å². The van der Waals surface area contributed by atoms with Gasteiger partial charge in [-0.3, -0.25) is 9.59 Å². The summed E-state index contributed by atoms with van der Waals surface area (Å²) < 4.78 is 33.4. The number of amides is 2. The number of hydrogen-bond donors (Lipinski definition) is 2. The fraction of sp³-hybridized carbons (Fsp3) is 0.364. The van der Waals surface area contributed by atoms with E-state index in [9.17, 15) is 18.0 Å². The van der Waals surface area contributed by atoms with E-state index in [2.05, 4.69) is 10.0 Å². The molecule has 170 valence electrons. The highest BCUT2D eigenvalue weighted by Gasteiger charge is 2.24. The van der Waals surface area contributed by atoms with Crippen molar-refractivity contribution in [3.05, 3.63) is 53.1 Å². The maximum absolute atomic E-state index is 12.7. The first-order valence-corrected chi connectivity index (χ1v) is 12.3. The SMILES string of the molecule is O=C(Nc1ccc(N2CCCC2=O)cc1)c1ccc(Cl)c(S(=O)(=O)NC[C@H]2CCCO2)c1. The van der Waals surface area contributed by atoms with E-state index in [1.54, 1.807) is 29.2 Å². The molecule has 0 aliphatic carbocycles. The van der Waals surface area contributed by atoms with Gasteiger partial charge in [0.25, 0.3) is 5.91 Å². The van der Waals surface area contributed by atoms with Crippen molar-refractivity contribution in [2.45, 2.75) is 36.7 Å². The molecule has 1 atom stereocenters. The van der Waals surface area contributed by atoms with Crippen LogP contribution in [0.4, 0.5) is 11.4 Å². The van der Waals surface area contributed by atoms with E-state index in [-0.39, 0.29) is 34.0 Å². The van der Waals surface area contributed by atoms with E-state index < -0.39 is 15.9 Å². The smallest absolute Gasteiger partial charge is 0.255 e. The van der Waals surface area contributed by atoms with Crippen molar-refractivity contribution in [2.24, 2.45) is 0 Å². The maximum atomic E-state index is 12.7. The molecular weight excluding hydrogens is 454 g/mol. The summed E-state index contributed by atoms with van der Waals surface area (Å²) in [6.07, 6.45) is 2.92. The molecule has 2 fully saturated rings. The van der Waals surface area contributed by atoms with Gasteiger partial charge in [-0.25, -0.2) is 13.1 Å². The third kappa shape index (κ3) is 5.12. The zero-order valence-electron chi connectivity index (χ0n) is 17.3. The maximum Gasteiger partial charge on any atom is 0.255 e. The first-order chi connectivity index (χ1) is 15.3. The van der Waals surface area contributed by atoms with Gasteiger partial charge in [-0.1, -0.05) is 11.6 Å². The fourth-order valence-corrected chi connectivity index (χ4v) is 5.38. The minimum absolute atomic E-state index is 0.0287. The molecule has 2 heterocycles. The molecule has 0 radical (unpaired) electrons. The number of halogens is 1. The third-order valence-electron chi connectivity index (χ3n) is 5.52. The van der Waals surface area contributed by atoms with E-state index in [0.29, 0.717) is 25.3 Å². The van der Waals surface area contributed by atoms with E-state index in [4.69, 9.17) is 16.3 Å². The number of rotatable bonds is 7. The molecule has 4 rings (SSSR count). The predicted octanol–water partition coefficient (Wildman–Crippen LogP) is 3.18. The molecule has 0 bridgehead atoms. The molecule has 0 unspecified atom stereocenters. The second-order valence-electron chi connectivity index (χ2n) is 7.78. The largest absolute Gasteiger partial charge is 0.377 e. The number of benzene rings is 2. The average Bonchev–Trinajstić information content (AvgIpc) is 3.45. The van der Waals surface area contributed by atoms with Crippen molar-refractivity contribution in [2.75, 3.05) is 29.9 Å². The molecule has 2 amide bonds. The van der Waals surface area contributed by atoms with Gasteiger partial charge in [-0.05, 0) is 61.7 Å². The second-order valence-corrected chi connectivity index (χ2v) is 9.92. The van der Waals surface area contributed by atoms with Crippen LogP contribution < -0.4 is 14.9 Å². The Balaban J connectivity index is 1.45. The summed E-state index contributed by atoms with van der Waals surface area (Å²) in [6, 6.07) is 11.1. The monoisotopic (exact) mass is 477 g/mol. The summed E-state index contributed by atoms with van der Waals surface area (Å²) in [5.74, 6) is -0.382. The van der Waals surface area contributed by atoms with E-state index in [0.717, 1.165) is 24.9 Å². The molecule has 2 N–H and O–H groups in total. The Morgan fingerprint density at radius 2 is 1.94 bits per heavy atom. The quantitative estimate of drug-likeness (QED) is 0.637. The minimum atomic E-state index is -3.91. The molecule has 2 aliphatic rings. The van der Waals surface area contributed by atoms with Crippen LogP contribution in [-0.2, 0) is 19.6 Å². The number of sulfonamides is 1. The standard InChI is InChI=1S/C22H24ClN3O5S/c23-19-10-5-15(13-20(19)32(29,30)24-14-18-3-2-12-31-18)22(28)25-16-6-8-17(9-7-16)26-11-1-4-21(26)27/h5-10,13,18,24H,1-4,11-12,14H2,(H,25,28)/t18-/m1/s1. The summed E-state index contributed by atoms with van der Waals surface area (Å²) in [5, 5.41) is 2.77. The number of nitrogens with one attached hydrogen (secondary N) is 2. The van der Waals surface area contributed by atoms with Crippen LogP contribution in [0.15, 0.2) is 47.4 Å². The van der Waals surface area contributed by atoms with Crippen LogP contribution >= 0.6 is 11.6 Å². The first-order valence-electron chi connectivity index (χ1n) is 10.5. The van der Waals surface area contributed by atoms with Gasteiger partial charge in [0, 0.05) is 43.1 Å². The molecule has 10 heteroatoms. The zero-order valence-corrected chi connectivity index (χ0v) is 18.9. The van der Waals surface area contributed by atoms with Crippen molar-refractivity contribution >= 4 is 44.8 Å². The highest BCUT2D eigenvalue weighted by molar-refractivity contribution is 7.89. The van der Waals surface area contributed by atoms with Crippen molar-refractivity contribution in [3.8, 4) is 0 Å². The van der Waals surface area contributed by atoms with E-state index in [1.807, 2.05) is 0 Å². The lowest BCUT2D eigenvalue weighted by Crippen LogP contribution is -2.32. The highest BCUT2D eigenvalue weighted by atomic mass is 35.5. The van der Waals surface area contributed by atoms with Crippen LogP contribution in [0, 0.1) is 0 Å². The number of nitrogens with zero attached hydrogens (tertiary/aromatic N) is 1. The fourth-order valence-electron chi connectivity index (χ4n) is 3.79. The Morgan fingerprint density at radius 1 is 1.16 bits per heavy atom. The van der Waals surface area contributed by atoms with Crippen LogP contribution in [0.25, 0.3) is 0 Å². The van der Waals surface area contributed by atoms with Crippen LogP contribution in [0.1, 0.15) is 36.0 Å². The predicted molar refractivity (Wildman–Crippen MR) is 122 cm³/mol. The van der Waals surface area contributed by atoms with Crippen LogP contribution in [-0.4, -0.2) is 46.0 Å². The summed E-state index contributed by atoms with van der Waals surface area (Å²) in [5.41, 5.74) is 1.47. The Bertz CT molecular complexity index is 1110. The van der Waals surface area contributed by atoms with Crippen LogP contribution in [0.3, 0.4) is 0 Å². The summed E-state index contributed by atoms with van der Waals surface area (Å²) >= 11 is 6.12. The molecule has 2 aromatic rings. The lowest BCUT2D eigenvalue weighted by atomic mass is 10.2. The van der Waals surface area contributed by atoms with Gasteiger partial charge in [0.05, 0.1) is 11.1 Å². The van der Waals surface area contributed by atoms with Crippen LogP contribution in [0.2, 0.25) is 5.02 Å².